The van der Waals surface area contributed by atoms with E-state index in [0.717, 1.165) is 41.4 Å². The largest absolute Gasteiger partial charge is 0.376 e. The van der Waals surface area contributed by atoms with E-state index in [1.807, 2.05) is 40.4 Å². The first-order chi connectivity index (χ1) is 11.2. The van der Waals surface area contributed by atoms with Gasteiger partial charge in [-0.3, -0.25) is 0 Å². The molecule has 1 atom stereocenters. The van der Waals surface area contributed by atoms with Gasteiger partial charge in [-0.25, -0.2) is 0 Å². The van der Waals surface area contributed by atoms with Gasteiger partial charge in [0, 0.05) is 29.8 Å². The number of nitrogens with one attached hydrogen (secondary N) is 1. The lowest BCUT2D eigenvalue weighted by molar-refractivity contribution is 0.114. The fourth-order valence-electron chi connectivity index (χ4n) is 2.45. The van der Waals surface area contributed by atoms with E-state index < -0.39 is 0 Å². The molecule has 1 unspecified atom stereocenters. The molecule has 1 aliphatic rings. The lowest BCUT2D eigenvalue weighted by atomic mass is 10.2. The summed E-state index contributed by atoms with van der Waals surface area (Å²) < 4.78 is 7.62. The molecule has 0 radical (unpaired) electrons. The normalized spacial score (nSPS) is 18.3. The van der Waals surface area contributed by atoms with E-state index in [0.29, 0.717) is 11.7 Å². The number of ether oxygens (including phenoxy) is 1. The molecule has 23 heavy (non-hydrogen) atoms. The van der Waals surface area contributed by atoms with E-state index in [9.17, 15) is 0 Å². The third-order valence-electron chi connectivity index (χ3n) is 3.66. The van der Waals surface area contributed by atoms with Gasteiger partial charge >= 0.3 is 0 Å². The molecule has 0 aliphatic carbocycles. The van der Waals surface area contributed by atoms with Crippen LogP contribution in [0.4, 0.5) is 0 Å². The summed E-state index contributed by atoms with van der Waals surface area (Å²) >= 11 is 13.1. The molecule has 1 fully saturated rings. The van der Waals surface area contributed by atoms with Crippen molar-refractivity contribution in [2.75, 3.05) is 13.2 Å². The summed E-state index contributed by atoms with van der Waals surface area (Å²) in [7, 11) is 0. The maximum Gasteiger partial charge on any atom is 0.195 e. The smallest absolute Gasteiger partial charge is 0.195 e. The van der Waals surface area contributed by atoms with Gasteiger partial charge in [-0.05, 0) is 36.7 Å². The molecular formula is C16H18ClN3OS2. The van der Waals surface area contributed by atoms with Crippen LogP contribution in [0.15, 0.2) is 40.8 Å². The van der Waals surface area contributed by atoms with Gasteiger partial charge in [0.15, 0.2) is 9.91 Å². The molecule has 0 amide bonds. The standard InChI is InChI=1S/C16H18ClN3OS2/c17-14-6-2-1-4-12(14)11-20-7-9-23-16(20)19-15(22)18-10-13-5-3-8-21-13/h1-2,4,6-7,9,13H,3,5,8,10-11H2,(H,18,22)/b19-16-. The molecule has 1 saturated heterocycles. The first kappa shape index (κ1) is 16.6. The first-order valence-electron chi connectivity index (χ1n) is 7.54. The van der Waals surface area contributed by atoms with Crippen molar-refractivity contribution in [1.29, 1.82) is 0 Å². The molecule has 1 N–H and O–H groups in total. The predicted octanol–water partition coefficient (Wildman–Crippen LogP) is 3.21. The minimum absolute atomic E-state index is 0.252. The van der Waals surface area contributed by atoms with E-state index in [1.54, 1.807) is 11.3 Å². The Hall–Kier alpha value is -1.21. The summed E-state index contributed by atoms with van der Waals surface area (Å²) in [5.41, 5.74) is 1.06. The van der Waals surface area contributed by atoms with Gasteiger partial charge in [0.2, 0.25) is 0 Å². The van der Waals surface area contributed by atoms with E-state index in [-0.39, 0.29) is 6.10 Å². The number of hydrogen-bond donors (Lipinski definition) is 1. The number of thiocarbonyl (C=S) groups is 1. The minimum Gasteiger partial charge on any atom is -0.376 e. The predicted molar refractivity (Wildman–Crippen MR) is 98.0 cm³/mol. The molecule has 1 aromatic carbocycles. The highest BCUT2D eigenvalue weighted by molar-refractivity contribution is 7.80. The SMILES string of the molecule is S=C(/N=c1\sccn1Cc1ccccc1Cl)NCC1CCCO1. The number of rotatable bonds is 4. The average molecular weight is 368 g/mol. The van der Waals surface area contributed by atoms with Crippen molar-refractivity contribution in [3.63, 3.8) is 0 Å². The molecule has 122 valence electrons. The van der Waals surface area contributed by atoms with Crippen molar-refractivity contribution >= 4 is 40.3 Å². The van der Waals surface area contributed by atoms with E-state index in [4.69, 9.17) is 28.6 Å². The van der Waals surface area contributed by atoms with Crippen LogP contribution in [0.2, 0.25) is 5.02 Å². The average Bonchev–Trinajstić information content (AvgIpc) is 3.20. The Morgan fingerprint density at radius 3 is 3.13 bits per heavy atom. The van der Waals surface area contributed by atoms with Crippen LogP contribution in [-0.2, 0) is 11.3 Å². The zero-order chi connectivity index (χ0) is 16.1. The van der Waals surface area contributed by atoms with Crippen molar-refractivity contribution < 1.29 is 4.74 Å². The molecule has 4 nitrogen and oxygen atoms in total. The highest BCUT2D eigenvalue weighted by Gasteiger charge is 2.15. The van der Waals surface area contributed by atoms with Gasteiger partial charge in [-0.2, -0.15) is 4.99 Å². The van der Waals surface area contributed by atoms with Crippen LogP contribution >= 0.6 is 35.2 Å². The quantitative estimate of drug-likeness (QED) is 0.843. The Morgan fingerprint density at radius 1 is 1.48 bits per heavy atom. The Kier molecular flexibility index (Phi) is 5.83. The maximum absolute atomic E-state index is 6.23. The fourth-order valence-corrected chi connectivity index (χ4v) is 3.61. The van der Waals surface area contributed by atoms with Crippen molar-refractivity contribution in [2.45, 2.75) is 25.5 Å². The third kappa shape index (κ3) is 4.64. The van der Waals surface area contributed by atoms with E-state index >= 15 is 0 Å². The molecular weight excluding hydrogens is 350 g/mol. The zero-order valence-electron chi connectivity index (χ0n) is 12.6. The number of hydrogen-bond acceptors (Lipinski definition) is 3. The Morgan fingerprint density at radius 2 is 2.35 bits per heavy atom. The van der Waals surface area contributed by atoms with Crippen LogP contribution in [0.1, 0.15) is 18.4 Å². The van der Waals surface area contributed by atoms with Crippen LogP contribution in [0, 0.1) is 0 Å². The molecule has 0 bridgehead atoms. The zero-order valence-corrected chi connectivity index (χ0v) is 15.0. The summed E-state index contributed by atoms with van der Waals surface area (Å²) in [6, 6.07) is 7.83. The van der Waals surface area contributed by atoms with Crippen molar-refractivity contribution in [2.24, 2.45) is 4.99 Å². The summed E-state index contributed by atoms with van der Waals surface area (Å²) in [6.07, 6.45) is 4.46. The second-order valence-electron chi connectivity index (χ2n) is 5.34. The van der Waals surface area contributed by atoms with Gasteiger partial charge in [-0.1, -0.05) is 29.8 Å². The molecule has 1 aromatic heterocycles. The Labute approximate surface area is 149 Å². The topological polar surface area (TPSA) is 38.5 Å². The van der Waals surface area contributed by atoms with Gasteiger partial charge in [-0.15, -0.1) is 11.3 Å². The number of benzene rings is 1. The molecule has 2 aromatic rings. The van der Waals surface area contributed by atoms with Crippen molar-refractivity contribution in [3.05, 3.63) is 51.2 Å². The lowest BCUT2D eigenvalue weighted by Crippen LogP contribution is -2.31. The molecule has 7 heteroatoms. The van der Waals surface area contributed by atoms with Crippen molar-refractivity contribution in [1.82, 2.24) is 9.88 Å². The minimum atomic E-state index is 0.252. The number of thiazole rings is 1. The van der Waals surface area contributed by atoms with Crippen LogP contribution in [0.5, 0.6) is 0 Å². The summed E-state index contributed by atoms with van der Waals surface area (Å²) in [5, 5.41) is 6.43. The third-order valence-corrected chi connectivity index (χ3v) is 5.06. The highest BCUT2D eigenvalue weighted by atomic mass is 35.5. The molecule has 3 rings (SSSR count). The molecule has 0 spiro atoms. The van der Waals surface area contributed by atoms with E-state index in [2.05, 4.69) is 10.3 Å². The van der Waals surface area contributed by atoms with Crippen LogP contribution in [-0.4, -0.2) is 28.9 Å². The monoisotopic (exact) mass is 367 g/mol. The van der Waals surface area contributed by atoms with Gasteiger partial charge in [0.1, 0.15) is 0 Å². The molecule has 0 saturated carbocycles. The second-order valence-corrected chi connectivity index (χ2v) is 7.00. The number of nitrogens with zero attached hydrogens (tertiary/aromatic N) is 2. The molecule has 1 aliphatic heterocycles. The fraction of sp³-hybridized carbons (Fsp3) is 0.375. The van der Waals surface area contributed by atoms with Gasteiger partial charge in [0.05, 0.1) is 12.6 Å². The van der Waals surface area contributed by atoms with Crippen molar-refractivity contribution in [3.8, 4) is 0 Å². The lowest BCUT2D eigenvalue weighted by Gasteiger charge is -2.10. The van der Waals surface area contributed by atoms with Gasteiger partial charge < -0.3 is 14.6 Å². The van der Waals surface area contributed by atoms with Gasteiger partial charge in [0.25, 0.3) is 0 Å². The van der Waals surface area contributed by atoms with E-state index in [1.165, 1.54) is 0 Å². The van der Waals surface area contributed by atoms with Crippen LogP contribution in [0.25, 0.3) is 0 Å². The Balaban J connectivity index is 1.67. The second kappa shape index (κ2) is 8.06. The number of aromatic nitrogens is 1. The van der Waals surface area contributed by atoms with Crippen LogP contribution in [0.3, 0.4) is 0 Å². The molecule has 2 heterocycles. The summed E-state index contributed by atoms with van der Waals surface area (Å²) in [6.45, 7) is 2.24. The maximum atomic E-state index is 6.23. The number of halogens is 1. The van der Waals surface area contributed by atoms with Crippen LogP contribution < -0.4 is 10.1 Å². The Bertz CT molecular complexity index is 735. The first-order valence-corrected chi connectivity index (χ1v) is 9.20. The summed E-state index contributed by atoms with van der Waals surface area (Å²) in [4.78, 5) is 5.37. The highest BCUT2D eigenvalue weighted by Crippen LogP contribution is 2.15. The summed E-state index contributed by atoms with van der Waals surface area (Å²) in [5.74, 6) is 0.